The van der Waals surface area contributed by atoms with Crippen molar-refractivity contribution in [2.75, 3.05) is 6.54 Å². The molecule has 2 rings (SSSR count). The lowest BCUT2D eigenvalue weighted by atomic mass is 10.1. The van der Waals surface area contributed by atoms with Crippen molar-refractivity contribution in [3.05, 3.63) is 35.4 Å². The van der Waals surface area contributed by atoms with Gasteiger partial charge in [-0.2, -0.15) is 5.48 Å². The Morgan fingerprint density at radius 1 is 1.38 bits per heavy atom. The maximum absolute atomic E-state index is 12.1. The van der Waals surface area contributed by atoms with Gasteiger partial charge in [0.25, 0.3) is 5.91 Å². The van der Waals surface area contributed by atoms with Crippen LogP contribution >= 0.6 is 12.2 Å². The van der Waals surface area contributed by atoms with Crippen LogP contribution < -0.4 is 11.2 Å². The first kappa shape index (κ1) is 15.2. The molecule has 1 aromatic rings. The predicted octanol–water partition coefficient (Wildman–Crippen LogP) is 1.10. The average molecular weight is 307 g/mol. The Labute approximate surface area is 128 Å². The molecular formula is C14H17N3O3S. The number of nitrogens with one attached hydrogen (secondary N) is 1. The fraction of sp³-hybridized carbons (Fsp3) is 0.357. The van der Waals surface area contributed by atoms with Crippen LogP contribution in [0.4, 0.5) is 0 Å². The van der Waals surface area contributed by atoms with Crippen LogP contribution in [0.3, 0.4) is 0 Å². The van der Waals surface area contributed by atoms with E-state index in [4.69, 9.17) is 5.73 Å². The van der Waals surface area contributed by atoms with Gasteiger partial charge < -0.3 is 15.5 Å². The maximum Gasteiger partial charge on any atom is 0.332 e. The number of carbonyl (C=O) groups excluding carboxylic acids is 2. The summed E-state index contributed by atoms with van der Waals surface area (Å²) in [6, 6.07) is 7.61. The minimum absolute atomic E-state index is 0.0586. The summed E-state index contributed by atoms with van der Waals surface area (Å²) in [6.45, 7) is 1.27. The normalized spacial score (nSPS) is 13.0. The molecule has 21 heavy (non-hydrogen) atoms. The Bertz CT molecular complexity index is 562. The number of hydroxylamine groups is 1. The summed E-state index contributed by atoms with van der Waals surface area (Å²) in [4.78, 5) is 29.8. The summed E-state index contributed by atoms with van der Waals surface area (Å²) in [5.74, 6) is -0.359. The third-order valence-corrected chi connectivity index (χ3v) is 3.30. The lowest BCUT2D eigenvalue weighted by molar-refractivity contribution is -0.147. The molecule has 0 aliphatic carbocycles. The van der Waals surface area contributed by atoms with Gasteiger partial charge in [0.15, 0.2) is 5.11 Å². The molecular weight excluding hydrogens is 290 g/mol. The van der Waals surface area contributed by atoms with Crippen molar-refractivity contribution in [1.29, 1.82) is 0 Å². The zero-order valence-electron chi connectivity index (χ0n) is 11.5. The second-order valence-corrected chi connectivity index (χ2v) is 5.22. The molecule has 3 N–H and O–H groups in total. The highest BCUT2D eigenvalue weighted by molar-refractivity contribution is 7.80. The van der Waals surface area contributed by atoms with Crippen LogP contribution in [0, 0.1) is 0 Å². The number of nitrogens with zero attached hydrogens (tertiary/aromatic N) is 1. The van der Waals surface area contributed by atoms with Crippen molar-refractivity contribution < 1.29 is 14.4 Å². The fourth-order valence-electron chi connectivity index (χ4n) is 2.23. The van der Waals surface area contributed by atoms with E-state index in [2.05, 4.69) is 22.5 Å². The van der Waals surface area contributed by atoms with E-state index < -0.39 is 5.97 Å². The van der Waals surface area contributed by atoms with Gasteiger partial charge in [0.2, 0.25) is 0 Å². The minimum atomic E-state index is -0.418. The van der Waals surface area contributed by atoms with Crippen molar-refractivity contribution in [3.8, 4) is 0 Å². The third-order valence-electron chi connectivity index (χ3n) is 3.22. The maximum atomic E-state index is 12.1. The van der Waals surface area contributed by atoms with Gasteiger partial charge in [0.05, 0.1) is 0 Å². The van der Waals surface area contributed by atoms with Crippen molar-refractivity contribution in [3.63, 3.8) is 0 Å². The monoisotopic (exact) mass is 307 g/mol. The molecule has 1 aromatic carbocycles. The van der Waals surface area contributed by atoms with Gasteiger partial charge in [0, 0.05) is 25.1 Å². The van der Waals surface area contributed by atoms with Crippen LogP contribution in [0.1, 0.15) is 35.2 Å². The van der Waals surface area contributed by atoms with E-state index >= 15 is 0 Å². The molecule has 0 aromatic heterocycles. The molecule has 1 aliphatic rings. The zero-order chi connectivity index (χ0) is 15.2. The van der Waals surface area contributed by atoms with Gasteiger partial charge in [-0.1, -0.05) is 18.2 Å². The molecule has 0 radical (unpaired) electrons. The smallest absolute Gasteiger partial charge is 0.332 e. The van der Waals surface area contributed by atoms with Crippen molar-refractivity contribution >= 4 is 29.2 Å². The van der Waals surface area contributed by atoms with Crippen molar-refractivity contribution in [2.24, 2.45) is 5.73 Å². The molecule has 1 heterocycles. The molecule has 7 heteroatoms. The van der Waals surface area contributed by atoms with E-state index in [0.717, 1.165) is 17.5 Å². The van der Waals surface area contributed by atoms with Crippen LogP contribution in [0.5, 0.6) is 0 Å². The standard InChI is InChI=1S/C14H17N3O3S/c15-14(21)16-20-12(18)7-3-4-8-17-9-10-5-1-2-6-11(10)13(17)19/h1-2,5-6H,3-4,7-9H2,(H3,15,16,21). The molecule has 0 spiro atoms. The van der Waals surface area contributed by atoms with Crippen molar-refractivity contribution in [2.45, 2.75) is 25.8 Å². The van der Waals surface area contributed by atoms with Gasteiger partial charge in [0.1, 0.15) is 0 Å². The summed E-state index contributed by atoms with van der Waals surface area (Å²) in [5.41, 5.74) is 9.11. The SMILES string of the molecule is NC(=S)NOC(=O)CCCCN1Cc2ccccc2C1=O. The molecule has 1 amide bonds. The van der Waals surface area contributed by atoms with Gasteiger partial charge in [-0.3, -0.25) is 4.79 Å². The Kier molecular flexibility index (Phi) is 5.10. The molecule has 0 atom stereocenters. The molecule has 0 unspecified atom stereocenters. The predicted molar refractivity (Wildman–Crippen MR) is 81.0 cm³/mol. The molecule has 0 saturated carbocycles. The first-order chi connectivity index (χ1) is 10.1. The molecule has 1 aliphatic heterocycles. The first-order valence-corrected chi connectivity index (χ1v) is 7.11. The van der Waals surface area contributed by atoms with E-state index in [-0.39, 0.29) is 17.4 Å². The average Bonchev–Trinajstić information content (AvgIpc) is 2.78. The number of thiocarbonyl (C=S) groups is 1. The van der Waals surface area contributed by atoms with Crippen molar-refractivity contribution in [1.82, 2.24) is 10.4 Å². The highest BCUT2D eigenvalue weighted by Crippen LogP contribution is 2.22. The summed E-state index contributed by atoms with van der Waals surface area (Å²) in [7, 11) is 0. The van der Waals surface area contributed by atoms with Crippen LogP contribution in [0.15, 0.2) is 24.3 Å². The number of nitrogens with two attached hydrogens (primary N) is 1. The summed E-state index contributed by atoms with van der Waals surface area (Å²) in [5, 5.41) is -0.0798. The van der Waals surface area contributed by atoms with E-state index in [1.165, 1.54) is 0 Å². The Balaban J connectivity index is 1.68. The lowest BCUT2D eigenvalue weighted by Crippen LogP contribution is -2.31. The Morgan fingerprint density at radius 3 is 2.86 bits per heavy atom. The largest absolute Gasteiger partial charge is 0.374 e. The summed E-state index contributed by atoms with van der Waals surface area (Å²) < 4.78 is 0. The van der Waals surface area contributed by atoms with E-state index in [0.29, 0.717) is 19.5 Å². The van der Waals surface area contributed by atoms with Crippen LogP contribution in [-0.4, -0.2) is 28.4 Å². The third kappa shape index (κ3) is 4.16. The summed E-state index contributed by atoms with van der Waals surface area (Å²) >= 11 is 4.51. The number of benzene rings is 1. The van der Waals surface area contributed by atoms with Gasteiger partial charge in [-0.15, -0.1) is 0 Å². The van der Waals surface area contributed by atoms with Crippen LogP contribution in [0.2, 0.25) is 0 Å². The second kappa shape index (κ2) is 7.03. The zero-order valence-corrected chi connectivity index (χ0v) is 12.3. The number of unbranched alkanes of at least 4 members (excludes halogenated alkanes) is 1. The second-order valence-electron chi connectivity index (χ2n) is 4.78. The Hall–Kier alpha value is -2.15. The molecule has 0 fully saturated rings. The van der Waals surface area contributed by atoms with Crippen LogP contribution in [0.25, 0.3) is 0 Å². The fourth-order valence-corrected chi connectivity index (χ4v) is 2.27. The molecule has 0 saturated heterocycles. The number of rotatable bonds is 5. The first-order valence-electron chi connectivity index (χ1n) is 6.70. The van der Waals surface area contributed by atoms with Crippen LogP contribution in [-0.2, 0) is 16.2 Å². The Morgan fingerprint density at radius 2 is 2.14 bits per heavy atom. The minimum Gasteiger partial charge on any atom is -0.374 e. The molecule has 112 valence electrons. The number of hydrogen-bond acceptors (Lipinski definition) is 4. The van der Waals surface area contributed by atoms with Gasteiger partial charge in [-0.25, -0.2) is 4.79 Å². The number of hydrogen-bond donors (Lipinski definition) is 2. The number of carbonyl (C=O) groups is 2. The van der Waals surface area contributed by atoms with E-state index in [1.807, 2.05) is 24.3 Å². The van der Waals surface area contributed by atoms with Gasteiger partial charge in [-0.05, 0) is 36.7 Å². The highest BCUT2D eigenvalue weighted by atomic mass is 32.1. The number of fused-ring (bicyclic) bond motifs is 1. The lowest BCUT2D eigenvalue weighted by Gasteiger charge is -2.15. The van der Waals surface area contributed by atoms with E-state index in [1.54, 1.807) is 4.90 Å². The topological polar surface area (TPSA) is 84.7 Å². The quantitative estimate of drug-likeness (QED) is 0.481. The highest BCUT2D eigenvalue weighted by Gasteiger charge is 2.25. The summed E-state index contributed by atoms with van der Waals surface area (Å²) in [6.07, 6.45) is 1.63. The van der Waals surface area contributed by atoms with E-state index in [9.17, 15) is 9.59 Å². The molecule has 0 bridgehead atoms. The molecule has 6 nitrogen and oxygen atoms in total. The van der Waals surface area contributed by atoms with Gasteiger partial charge >= 0.3 is 5.97 Å². The number of amides is 1.